The molecule has 0 saturated heterocycles. The Morgan fingerprint density at radius 2 is 1.79 bits per heavy atom. The second-order valence-corrected chi connectivity index (χ2v) is 16.3. The van der Waals surface area contributed by atoms with Crippen LogP contribution in [0.1, 0.15) is 86.2 Å². The lowest BCUT2D eigenvalue weighted by Gasteiger charge is -2.39. The highest BCUT2D eigenvalue weighted by Gasteiger charge is 2.45. The number of hydrogen-bond donors (Lipinski definition) is 3. The number of aliphatic hydroxyl groups is 1. The van der Waals surface area contributed by atoms with E-state index in [1.54, 1.807) is 41.6 Å². The fraction of sp³-hybridized carbons (Fsp3) is 0.488. The Balaban J connectivity index is 0.00000620. The van der Waals surface area contributed by atoms with E-state index < -0.39 is 11.6 Å². The number of unbranched alkanes of at least 4 members (excludes halogenated alkanes) is 2. The van der Waals surface area contributed by atoms with Gasteiger partial charge in [-0.15, -0.1) is 0 Å². The molecule has 2 aliphatic rings. The molecule has 0 fully saturated rings. The van der Waals surface area contributed by atoms with Gasteiger partial charge in [-0.05, 0) is 100 Å². The standard InChI is InChI=1S/C43H55N5O7S.ClH/c1-7-43(53)34-24-36-39-29(25-47(36)40(50)33(34)27-54-41(43)51)23-31-32(38(49)19-18-35(31)44-39)26-48(5,6)37(13-10-9-11-22-56)28-14-16-30(17-15-28)55-42(52)46(4)21-12-20-45(3)8-2;/h14-19,23-24,37,53H,7-13,20-22,25-27H2,1-6H3,(H-,49,56);1H/t37?,43-;/m0./s1. The van der Waals surface area contributed by atoms with Crippen molar-refractivity contribution in [2.75, 3.05) is 53.6 Å². The molecule has 2 aliphatic heterocycles. The van der Waals surface area contributed by atoms with Crippen LogP contribution in [0.2, 0.25) is 0 Å². The smallest absolute Gasteiger partial charge is 0.414 e. The molecule has 2 atom stereocenters. The normalized spacial score (nSPS) is 16.4. The number of hydrogen-bond acceptors (Lipinski definition) is 10. The number of nitrogens with zero attached hydrogens (tertiary/aromatic N) is 5. The molecule has 0 bridgehead atoms. The fourth-order valence-corrected chi connectivity index (χ4v) is 8.32. The first kappa shape index (κ1) is 44.0. The van der Waals surface area contributed by atoms with Crippen molar-refractivity contribution in [3.05, 3.63) is 86.7 Å². The Kier molecular flexibility index (Phi) is 14.0. The van der Waals surface area contributed by atoms with E-state index in [1.807, 2.05) is 30.3 Å². The summed E-state index contributed by atoms with van der Waals surface area (Å²) < 4.78 is 13.1. The lowest BCUT2D eigenvalue weighted by Crippen LogP contribution is -3.00. The van der Waals surface area contributed by atoms with E-state index in [0.717, 1.165) is 73.0 Å². The van der Waals surface area contributed by atoms with Crippen LogP contribution >= 0.6 is 12.6 Å². The summed E-state index contributed by atoms with van der Waals surface area (Å²) in [7, 11) is 8.15. The summed E-state index contributed by atoms with van der Waals surface area (Å²) in [6, 6.07) is 15.0. The Hall–Kier alpha value is -4.14. The third kappa shape index (κ3) is 8.97. The number of esters is 1. The van der Waals surface area contributed by atoms with Gasteiger partial charge in [0.1, 0.15) is 30.7 Å². The first-order valence-electron chi connectivity index (χ1n) is 19.7. The number of aromatic nitrogens is 2. The van der Waals surface area contributed by atoms with Gasteiger partial charge in [0.05, 0.1) is 48.7 Å². The molecule has 1 unspecified atom stereocenters. The molecular weight excluding hydrogens is 766 g/mol. The molecule has 57 heavy (non-hydrogen) atoms. The van der Waals surface area contributed by atoms with Crippen LogP contribution in [0.25, 0.3) is 22.3 Å². The van der Waals surface area contributed by atoms with Crippen LogP contribution in [0.4, 0.5) is 4.79 Å². The second-order valence-electron chi connectivity index (χ2n) is 15.9. The molecule has 0 spiro atoms. The van der Waals surface area contributed by atoms with E-state index in [-0.39, 0.29) is 66.6 Å². The van der Waals surface area contributed by atoms with Crippen molar-refractivity contribution in [3.8, 4) is 22.9 Å². The summed E-state index contributed by atoms with van der Waals surface area (Å²) in [4.78, 5) is 48.1. The lowest BCUT2D eigenvalue weighted by atomic mass is 9.86. The Labute approximate surface area is 346 Å². The second kappa shape index (κ2) is 18.2. The Morgan fingerprint density at radius 3 is 2.47 bits per heavy atom. The molecule has 1 amide bonds. The molecule has 0 radical (unpaired) electrons. The SMILES string of the molecule is CCN(C)CCCN(C)C(=O)Oc1ccc(C(CCCCCS)[N+](C)(C)Cc2c(O)ccc3nc4c(cc23)Cn2c-4cc3c(c2=O)COC(=O)[C@]3(O)CC)cc1.[Cl-]. The van der Waals surface area contributed by atoms with Crippen molar-refractivity contribution < 1.29 is 46.2 Å². The van der Waals surface area contributed by atoms with Crippen LogP contribution in [-0.2, 0) is 34.8 Å². The van der Waals surface area contributed by atoms with Gasteiger partial charge in [-0.3, -0.25) is 4.79 Å². The summed E-state index contributed by atoms with van der Waals surface area (Å²) in [5.41, 5.74) is 2.82. The molecular formula is C43H56ClN5O7S. The minimum atomic E-state index is -1.90. The van der Waals surface area contributed by atoms with Crippen molar-refractivity contribution in [2.45, 2.75) is 83.7 Å². The summed E-state index contributed by atoms with van der Waals surface area (Å²) in [5.74, 6) is 0.727. The van der Waals surface area contributed by atoms with Crippen LogP contribution in [-0.4, -0.2) is 99.7 Å². The number of aromatic hydroxyl groups is 1. The van der Waals surface area contributed by atoms with E-state index in [4.69, 9.17) is 14.5 Å². The number of rotatable bonds is 16. The largest absolute Gasteiger partial charge is 1.00 e. The minimum absolute atomic E-state index is 0. The highest BCUT2D eigenvalue weighted by Crippen LogP contribution is 2.41. The van der Waals surface area contributed by atoms with Crippen LogP contribution < -0.4 is 22.7 Å². The van der Waals surface area contributed by atoms with Gasteiger partial charge in [-0.2, -0.15) is 12.6 Å². The zero-order valence-corrected chi connectivity index (χ0v) is 35.5. The molecule has 2 aromatic heterocycles. The van der Waals surface area contributed by atoms with Crippen LogP contribution in [0.5, 0.6) is 11.5 Å². The highest BCUT2D eigenvalue weighted by molar-refractivity contribution is 7.80. The fourth-order valence-electron chi connectivity index (χ4n) is 8.09. The number of carbonyl (C=O) groups excluding carboxylic acids is 2. The van der Waals surface area contributed by atoms with E-state index in [2.05, 4.69) is 45.6 Å². The van der Waals surface area contributed by atoms with Crippen LogP contribution in [0, 0.1) is 0 Å². The van der Waals surface area contributed by atoms with Crippen LogP contribution in [0.3, 0.4) is 0 Å². The van der Waals surface area contributed by atoms with Gasteiger partial charge in [-0.1, -0.05) is 20.3 Å². The third-order valence-corrected chi connectivity index (χ3v) is 12.0. The van der Waals surface area contributed by atoms with E-state index in [0.29, 0.717) is 40.2 Å². The van der Waals surface area contributed by atoms with Gasteiger partial charge >= 0.3 is 12.1 Å². The lowest BCUT2D eigenvalue weighted by molar-refractivity contribution is -0.934. The molecule has 2 N–H and O–H groups in total. The molecule has 4 heterocycles. The quantitative estimate of drug-likeness (QED) is 0.0594. The summed E-state index contributed by atoms with van der Waals surface area (Å²) in [6.45, 7) is 6.83. The van der Waals surface area contributed by atoms with Crippen molar-refractivity contribution >= 4 is 35.6 Å². The molecule has 12 nitrogen and oxygen atoms in total. The number of amides is 1. The monoisotopic (exact) mass is 821 g/mol. The first-order chi connectivity index (χ1) is 26.7. The molecule has 2 aromatic carbocycles. The zero-order valence-electron chi connectivity index (χ0n) is 33.9. The number of pyridine rings is 2. The molecule has 0 saturated carbocycles. The number of halogens is 1. The van der Waals surface area contributed by atoms with Gasteiger partial charge in [0.2, 0.25) is 0 Å². The summed E-state index contributed by atoms with van der Waals surface area (Å²) in [5, 5.41) is 23.5. The topological polar surface area (TPSA) is 134 Å². The van der Waals surface area contributed by atoms with E-state index in [9.17, 15) is 24.6 Å². The number of phenols is 1. The van der Waals surface area contributed by atoms with Gasteiger partial charge in [-0.25, -0.2) is 14.6 Å². The number of fused-ring (bicyclic) bond motifs is 5. The number of benzene rings is 2. The number of ether oxygens (including phenoxy) is 2. The molecule has 14 heteroatoms. The molecule has 4 aromatic rings. The highest BCUT2D eigenvalue weighted by atomic mass is 35.5. The van der Waals surface area contributed by atoms with Crippen molar-refractivity contribution in [3.63, 3.8) is 0 Å². The van der Waals surface area contributed by atoms with Crippen molar-refractivity contribution in [2.24, 2.45) is 0 Å². The maximum Gasteiger partial charge on any atom is 0.414 e. The van der Waals surface area contributed by atoms with Crippen LogP contribution in [0.15, 0.2) is 53.3 Å². The van der Waals surface area contributed by atoms with Gasteiger partial charge in [0.15, 0.2) is 5.60 Å². The summed E-state index contributed by atoms with van der Waals surface area (Å²) >= 11 is 4.42. The Morgan fingerprint density at radius 1 is 1.05 bits per heavy atom. The van der Waals surface area contributed by atoms with Gasteiger partial charge in [0, 0.05) is 42.1 Å². The zero-order chi connectivity index (χ0) is 40.4. The minimum Gasteiger partial charge on any atom is -1.00 e. The third-order valence-electron chi connectivity index (χ3n) is 11.7. The molecule has 308 valence electrons. The average Bonchev–Trinajstić information content (AvgIpc) is 3.54. The number of phenolic OH excluding ortho intramolecular Hbond substituents is 1. The first-order valence-corrected chi connectivity index (χ1v) is 20.3. The number of carbonyl (C=O) groups is 2. The number of cyclic esters (lactones) is 1. The average molecular weight is 822 g/mol. The number of quaternary nitrogens is 1. The predicted octanol–water partition coefficient (Wildman–Crippen LogP) is 3.37. The summed E-state index contributed by atoms with van der Waals surface area (Å²) in [6.07, 6.45) is 4.51. The van der Waals surface area contributed by atoms with Crippen molar-refractivity contribution in [1.82, 2.24) is 19.4 Å². The van der Waals surface area contributed by atoms with Gasteiger partial charge < -0.3 is 50.9 Å². The van der Waals surface area contributed by atoms with Gasteiger partial charge in [0.25, 0.3) is 5.56 Å². The van der Waals surface area contributed by atoms with Crippen molar-refractivity contribution in [1.29, 1.82) is 0 Å². The molecule has 6 rings (SSSR count). The Bertz CT molecular complexity index is 2160. The van der Waals surface area contributed by atoms with E-state index >= 15 is 0 Å². The maximum absolute atomic E-state index is 13.8. The predicted molar refractivity (Wildman–Crippen MR) is 220 cm³/mol. The van der Waals surface area contributed by atoms with E-state index in [1.165, 1.54) is 0 Å². The number of thiol groups is 1. The molecule has 0 aliphatic carbocycles. The maximum atomic E-state index is 13.8.